The summed E-state index contributed by atoms with van der Waals surface area (Å²) in [6, 6.07) is 0. The highest BCUT2D eigenvalue weighted by molar-refractivity contribution is 8.14. The SMILES string of the molecule is CC(=O)S[C@@H]1CC2=CC(=O)CCC2(C)C2CCC(C)(C(C)O)C(C)C21.CCC. The molecule has 6 unspecified atom stereocenters. The maximum atomic E-state index is 12.0. The molecule has 0 aromatic rings. The van der Waals surface area contributed by atoms with Gasteiger partial charge in [0.15, 0.2) is 10.9 Å². The number of allylic oxidation sites excluding steroid dienone is 2. The van der Waals surface area contributed by atoms with Crippen molar-refractivity contribution in [1.82, 2.24) is 0 Å². The highest BCUT2D eigenvalue weighted by Gasteiger charge is 2.58. The van der Waals surface area contributed by atoms with Crippen molar-refractivity contribution in [2.75, 3.05) is 0 Å². The summed E-state index contributed by atoms with van der Waals surface area (Å²) in [4.78, 5) is 23.9. The predicted octanol–water partition coefficient (Wildman–Crippen LogP) is 5.80. The van der Waals surface area contributed by atoms with E-state index in [1.165, 1.54) is 23.8 Å². The van der Waals surface area contributed by atoms with Gasteiger partial charge in [-0.25, -0.2) is 0 Å². The van der Waals surface area contributed by atoms with Crippen LogP contribution in [-0.2, 0) is 9.59 Å². The van der Waals surface area contributed by atoms with E-state index in [1.807, 2.05) is 13.0 Å². The number of aliphatic hydroxyl groups is 1. The summed E-state index contributed by atoms with van der Waals surface area (Å²) in [6.45, 7) is 14.7. The van der Waals surface area contributed by atoms with E-state index in [1.54, 1.807) is 6.92 Å². The van der Waals surface area contributed by atoms with Crippen LogP contribution in [0.1, 0.15) is 87.0 Å². The summed E-state index contributed by atoms with van der Waals surface area (Å²) in [5.41, 5.74) is 1.26. The van der Waals surface area contributed by atoms with Crippen LogP contribution in [0.3, 0.4) is 0 Å². The predicted molar refractivity (Wildman–Crippen MR) is 118 cm³/mol. The first kappa shape index (κ1) is 23.7. The van der Waals surface area contributed by atoms with Gasteiger partial charge in [-0.3, -0.25) is 9.59 Å². The molecule has 1 N–H and O–H groups in total. The van der Waals surface area contributed by atoms with E-state index in [9.17, 15) is 14.7 Å². The van der Waals surface area contributed by atoms with Crippen molar-refractivity contribution < 1.29 is 14.7 Å². The Bertz CT molecular complexity index is 625. The first-order chi connectivity index (χ1) is 13.0. The van der Waals surface area contributed by atoms with Gasteiger partial charge in [0.2, 0.25) is 0 Å². The van der Waals surface area contributed by atoms with E-state index in [0.717, 1.165) is 25.7 Å². The van der Waals surface area contributed by atoms with E-state index in [2.05, 4.69) is 34.6 Å². The monoisotopic (exact) mass is 408 g/mol. The van der Waals surface area contributed by atoms with Crippen LogP contribution in [0.15, 0.2) is 11.6 Å². The summed E-state index contributed by atoms with van der Waals surface area (Å²) >= 11 is 1.46. The van der Waals surface area contributed by atoms with Crippen molar-refractivity contribution in [2.24, 2.45) is 28.6 Å². The first-order valence-corrected chi connectivity index (χ1v) is 12.0. The highest BCUT2D eigenvalue weighted by atomic mass is 32.2. The molecule has 3 rings (SSSR count). The Kier molecular flexibility index (Phi) is 7.64. The van der Waals surface area contributed by atoms with Crippen LogP contribution in [0.4, 0.5) is 0 Å². The molecule has 0 amide bonds. The number of rotatable bonds is 2. The smallest absolute Gasteiger partial charge is 0.186 e. The molecule has 160 valence electrons. The van der Waals surface area contributed by atoms with Crippen LogP contribution in [0.25, 0.3) is 0 Å². The second-order valence-corrected chi connectivity index (χ2v) is 11.2. The van der Waals surface area contributed by atoms with Gasteiger partial charge in [0.1, 0.15) is 0 Å². The minimum absolute atomic E-state index is 0.0840. The third-order valence-corrected chi connectivity index (χ3v) is 9.09. The molecule has 4 heteroatoms. The molecular weight excluding hydrogens is 368 g/mol. The number of carbonyl (C=O) groups excluding carboxylic acids is 2. The zero-order valence-corrected chi connectivity index (χ0v) is 19.7. The third-order valence-electron chi connectivity index (χ3n) is 7.98. The lowest BCUT2D eigenvalue weighted by atomic mass is 9.46. The highest BCUT2D eigenvalue weighted by Crippen LogP contribution is 2.63. The minimum atomic E-state index is -0.343. The van der Waals surface area contributed by atoms with Gasteiger partial charge in [-0.2, -0.15) is 0 Å². The van der Waals surface area contributed by atoms with Crippen molar-refractivity contribution in [1.29, 1.82) is 0 Å². The fraction of sp³-hybridized carbons (Fsp3) is 0.833. The molecule has 2 saturated carbocycles. The maximum Gasteiger partial charge on any atom is 0.186 e. The molecule has 0 saturated heterocycles. The van der Waals surface area contributed by atoms with Crippen LogP contribution in [-0.4, -0.2) is 27.4 Å². The Morgan fingerprint density at radius 1 is 1.32 bits per heavy atom. The molecule has 0 spiro atoms. The molecule has 3 aliphatic carbocycles. The Morgan fingerprint density at radius 3 is 2.46 bits per heavy atom. The molecule has 0 radical (unpaired) electrons. The van der Waals surface area contributed by atoms with Crippen LogP contribution in [0.2, 0.25) is 0 Å². The molecular formula is C24H40O3S. The Hall–Kier alpha value is -0.610. The summed E-state index contributed by atoms with van der Waals surface area (Å²) in [5, 5.41) is 10.8. The van der Waals surface area contributed by atoms with Gasteiger partial charge in [-0.05, 0) is 67.3 Å². The van der Waals surface area contributed by atoms with Gasteiger partial charge >= 0.3 is 0 Å². The fourth-order valence-electron chi connectivity index (χ4n) is 5.97. The lowest BCUT2D eigenvalue weighted by molar-refractivity contribution is -0.118. The number of hydrogen-bond donors (Lipinski definition) is 1. The standard InChI is InChI=1S/C21H32O3S.C3H8/c1-12-19-17(7-9-20(12,4)13(2)22)21(5)8-6-16(24)10-15(21)11-18(19)25-14(3)23;1-3-2/h10,12-13,17-19,22H,6-9,11H2,1-5H3;3H2,1-2H3/t12?,13?,17?,18-,19?,20?,21?;/m1./s1. The van der Waals surface area contributed by atoms with Crippen molar-refractivity contribution >= 4 is 22.7 Å². The molecule has 7 atom stereocenters. The molecule has 3 aliphatic rings. The number of fused-ring (bicyclic) bond motifs is 3. The number of aliphatic hydroxyl groups excluding tert-OH is 1. The Balaban J connectivity index is 0.000000878. The molecule has 2 fully saturated rings. The summed E-state index contributed by atoms with van der Waals surface area (Å²) in [7, 11) is 0. The van der Waals surface area contributed by atoms with Gasteiger partial charge < -0.3 is 5.11 Å². The molecule has 0 aliphatic heterocycles. The van der Waals surface area contributed by atoms with Gasteiger partial charge in [-0.1, -0.05) is 58.4 Å². The number of thioether (sulfide) groups is 1. The van der Waals surface area contributed by atoms with Crippen LogP contribution in [0.5, 0.6) is 0 Å². The van der Waals surface area contributed by atoms with Gasteiger partial charge in [0.25, 0.3) is 0 Å². The molecule has 0 bridgehead atoms. The summed E-state index contributed by atoms with van der Waals surface area (Å²) < 4.78 is 0. The largest absolute Gasteiger partial charge is 0.393 e. The maximum absolute atomic E-state index is 12.0. The molecule has 28 heavy (non-hydrogen) atoms. The first-order valence-electron chi connectivity index (χ1n) is 11.1. The van der Waals surface area contributed by atoms with Gasteiger partial charge in [0.05, 0.1) is 6.10 Å². The Morgan fingerprint density at radius 2 is 1.93 bits per heavy atom. The van der Waals surface area contributed by atoms with Crippen LogP contribution >= 0.6 is 11.8 Å². The van der Waals surface area contributed by atoms with E-state index in [4.69, 9.17) is 0 Å². The van der Waals surface area contributed by atoms with Crippen molar-refractivity contribution in [3.05, 3.63) is 11.6 Å². The van der Waals surface area contributed by atoms with E-state index >= 15 is 0 Å². The summed E-state index contributed by atoms with van der Waals surface area (Å²) in [6.07, 6.45) is 7.32. The van der Waals surface area contributed by atoms with Crippen LogP contribution in [0, 0.1) is 28.6 Å². The normalized spacial score (nSPS) is 41.0. The zero-order valence-electron chi connectivity index (χ0n) is 18.9. The number of hydrogen-bond acceptors (Lipinski definition) is 4. The second kappa shape index (κ2) is 9.04. The molecule has 0 aromatic heterocycles. The fourth-order valence-corrected chi connectivity index (χ4v) is 7.24. The zero-order chi connectivity index (χ0) is 21.3. The average molecular weight is 409 g/mol. The van der Waals surface area contributed by atoms with Crippen molar-refractivity contribution in [3.63, 3.8) is 0 Å². The Labute approximate surface area is 176 Å². The average Bonchev–Trinajstić information content (AvgIpc) is 2.59. The van der Waals surface area contributed by atoms with Gasteiger partial charge in [0, 0.05) is 18.6 Å². The van der Waals surface area contributed by atoms with E-state index in [0.29, 0.717) is 24.2 Å². The quantitative estimate of drug-likeness (QED) is 0.627. The summed E-state index contributed by atoms with van der Waals surface area (Å²) in [5.74, 6) is 1.52. The molecule has 0 aromatic carbocycles. The minimum Gasteiger partial charge on any atom is -0.393 e. The van der Waals surface area contributed by atoms with Crippen molar-refractivity contribution in [3.8, 4) is 0 Å². The van der Waals surface area contributed by atoms with Crippen LogP contribution < -0.4 is 0 Å². The number of carbonyl (C=O) groups is 2. The van der Waals surface area contributed by atoms with E-state index in [-0.39, 0.29) is 33.1 Å². The lowest BCUT2D eigenvalue weighted by Crippen LogP contribution is -2.56. The second-order valence-electron chi connectivity index (χ2n) is 9.81. The number of ketones is 1. The molecule has 0 heterocycles. The lowest BCUT2D eigenvalue weighted by Gasteiger charge is -2.60. The molecule has 3 nitrogen and oxygen atoms in total. The van der Waals surface area contributed by atoms with Gasteiger partial charge in [-0.15, -0.1) is 0 Å². The third kappa shape index (κ3) is 4.28. The van der Waals surface area contributed by atoms with Crippen molar-refractivity contribution in [2.45, 2.75) is 98.3 Å². The topological polar surface area (TPSA) is 54.4 Å². The van der Waals surface area contributed by atoms with E-state index < -0.39 is 0 Å².